The lowest BCUT2D eigenvalue weighted by Gasteiger charge is -2.06. The SMILES string of the molecule is CC1C[C@H](c2ccccc2)CO1. The molecule has 0 aliphatic carbocycles. The predicted octanol–water partition coefficient (Wildman–Crippen LogP) is 2.58. The van der Waals surface area contributed by atoms with Gasteiger partial charge in [-0.3, -0.25) is 0 Å². The Kier molecular flexibility index (Phi) is 2.13. The van der Waals surface area contributed by atoms with Crippen LogP contribution in [-0.2, 0) is 4.74 Å². The van der Waals surface area contributed by atoms with Gasteiger partial charge in [0.2, 0.25) is 0 Å². The largest absolute Gasteiger partial charge is 0.378 e. The molecule has 2 atom stereocenters. The summed E-state index contributed by atoms with van der Waals surface area (Å²) < 4.78 is 5.52. The molecule has 1 saturated heterocycles. The molecule has 1 nitrogen and oxygen atoms in total. The van der Waals surface area contributed by atoms with Gasteiger partial charge in [-0.25, -0.2) is 0 Å². The molecule has 1 aromatic carbocycles. The predicted molar refractivity (Wildman–Crippen MR) is 49.2 cm³/mol. The zero-order chi connectivity index (χ0) is 8.39. The quantitative estimate of drug-likeness (QED) is 0.616. The Bertz CT molecular complexity index is 242. The number of benzene rings is 1. The van der Waals surface area contributed by atoms with Gasteiger partial charge in [-0.1, -0.05) is 30.3 Å². The van der Waals surface area contributed by atoms with Gasteiger partial charge in [0.15, 0.2) is 0 Å². The summed E-state index contributed by atoms with van der Waals surface area (Å²) in [7, 11) is 0. The van der Waals surface area contributed by atoms with Crippen LogP contribution >= 0.6 is 0 Å². The van der Waals surface area contributed by atoms with Crippen molar-refractivity contribution in [2.45, 2.75) is 25.4 Å². The van der Waals surface area contributed by atoms with Crippen molar-refractivity contribution in [3.05, 3.63) is 35.9 Å². The van der Waals surface area contributed by atoms with Crippen molar-refractivity contribution in [1.29, 1.82) is 0 Å². The highest BCUT2D eigenvalue weighted by Gasteiger charge is 2.22. The van der Waals surface area contributed by atoms with Crippen LogP contribution in [0.4, 0.5) is 0 Å². The highest BCUT2D eigenvalue weighted by atomic mass is 16.5. The third-order valence-electron chi connectivity index (χ3n) is 2.47. The molecule has 1 aromatic rings. The first-order valence-electron chi connectivity index (χ1n) is 4.53. The number of hydrogen-bond donors (Lipinski definition) is 0. The molecular weight excluding hydrogens is 148 g/mol. The molecule has 1 unspecified atom stereocenters. The third kappa shape index (κ3) is 1.51. The van der Waals surface area contributed by atoms with Crippen molar-refractivity contribution in [3.8, 4) is 0 Å². The highest BCUT2D eigenvalue weighted by Crippen LogP contribution is 2.28. The molecule has 0 radical (unpaired) electrons. The molecular formula is C11H14O. The Morgan fingerprint density at radius 1 is 1.25 bits per heavy atom. The van der Waals surface area contributed by atoms with Crippen LogP contribution < -0.4 is 0 Å². The van der Waals surface area contributed by atoms with Crippen LogP contribution in [0.25, 0.3) is 0 Å². The monoisotopic (exact) mass is 162 g/mol. The number of hydrogen-bond acceptors (Lipinski definition) is 1. The van der Waals surface area contributed by atoms with Gasteiger partial charge >= 0.3 is 0 Å². The lowest BCUT2D eigenvalue weighted by atomic mass is 9.97. The Morgan fingerprint density at radius 2 is 2.00 bits per heavy atom. The summed E-state index contributed by atoms with van der Waals surface area (Å²) in [5.74, 6) is 0.626. The second kappa shape index (κ2) is 3.28. The maximum atomic E-state index is 5.52. The van der Waals surface area contributed by atoms with E-state index in [-0.39, 0.29) is 0 Å². The Morgan fingerprint density at radius 3 is 2.58 bits per heavy atom. The maximum Gasteiger partial charge on any atom is 0.0554 e. The normalized spacial score (nSPS) is 29.1. The molecule has 0 aromatic heterocycles. The smallest absolute Gasteiger partial charge is 0.0554 e. The topological polar surface area (TPSA) is 9.23 Å². The lowest BCUT2D eigenvalue weighted by Crippen LogP contribution is -1.96. The van der Waals surface area contributed by atoms with Crippen LogP contribution in [0, 0.1) is 0 Å². The van der Waals surface area contributed by atoms with Crippen molar-refractivity contribution >= 4 is 0 Å². The van der Waals surface area contributed by atoms with E-state index in [0.717, 1.165) is 6.61 Å². The summed E-state index contributed by atoms with van der Waals surface area (Å²) in [6.45, 7) is 3.04. The van der Waals surface area contributed by atoms with Crippen molar-refractivity contribution in [3.63, 3.8) is 0 Å². The van der Waals surface area contributed by atoms with E-state index >= 15 is 0 Å². The minimum atomic E-state index is 0.440. The average molecular weight is 162 g/mol. The maximum absolute atomic E-state index is 5.52. The molecule has 1 aliphatic rings. The first kappa shape index (κ1) is 7.81. The first-order valence-corrected chi connectivity index (χ1v) is 4.53. The van der Waals surface area contributed by atoms with Gasteiger partial charge in [-0.2, -0.15) is 0 Å². The van der Waals surface area contributed by atoms with E-state index in [1.54, 1.807) is 0 Å². The molecule has 0 spiro atoms. The number of ether oxygens (including phenoxy) is 1. The number of rotatable bonds is 1. The second-order valence-corrected chi connectivity index (χ2v) is 3.49. The Labute approximate surface area is 73.4 Å². The fourth-order valence-corrected chi connectivity index (χ4v) is 1.77. The fourth-order valence-electron chi connectivity index (χ4n) is 1.77. The molecule has 2 rings (SSSR count). The van der Waals surface area contributed by atoms with Gasteiger partial charge < -0.3 is 4.74 Å². The molecule has 1 heteroatoms. The molecule has 0 N–H and O–H groups in total. The zero-order valence-electron chi connectivity index (χ0n) is 7.36. The summed E-state index contributed by atoms with van der Waals surface area (Å²) in [4.78, 5) is 0. The van der Waals surface area contributed by atoms with Crippen LogP contribution in [0.15, 0.2) is 30.3 Å². The summed E-state index contributed by atoms with van der Waals surface area (Å²) >= 11 is 0. The molecule has 1 aliphatic heterocycles. The molecule has 12 heavy (non-hydrogen) atoms. The second-order valence-electron chi connectivity index (χ2n) is 3.49. The minimum absolute atomic E-state index is 0.440. The first-order chi connectivity index (χ1) is 5.86. The van der Waals surface area contributed by atoms with Crippen molar-refractivity contribution in [1.82, 2.24) is 0 Å². The van der Waals surface area contributed by atoms with E-state index in [0.29, 0.717) is 12.0 Å². The summed E-state index contributed by atoms with van der Waals surface area (Å²) in [6.07, 6.45) is 1.61. The van der Waals surface area contributed by atoms with Gasteiger partial charge in [0.05, 0.1) is 12.7 Å². The van der Waals surface area contributed by atoms with E-state index < -0.39 is 0 Å². The molecule has 0 bridgehead atoms. The zero-order valence-corrected chi connectivity index (χ0v) is 7.36. The van der Waals surface area contributed by atoms with Crippen LogP contribution in [0.3, 0.4) is 0 Å². The summed E-state index contributed by atoms with van der Waals surface area (Å²) in [5.41, 5.74) is 1.42. The van der Waals surface area contributed by atoms with Crippen molar-refractivity contribution < 1.29 is 4.74 Å². The molecule has 0 amide bonds. The van der Waals surface area contributed by atoms with E-state index in [2.05, 4.69) is 37.3 Å². The van der Waals surface area contributed by atoms with Crippen molar-refractivity contribution in [2.75, 3.05) is 6.61 Å². The third-order valence-corrected chi connectivity index (χ3v) is 2.47. The van der Waals surface area contributed by atoms with Gasteiger partial charge in [0, 0.05) is 5.92 Å². The van der Waals surface area contributed by atoms with E-state index in [1.807, 2.05) is 0 Å². The van der Waals surface area contributed by atoms with Gasteiger partial charge in [-0.15, -0.1) is 0 Å². The lowest BCUT2D eigenvalue weighted by molar-refractivity contribution is 0.123. The Hall–Kier alpha value is -0.820. The minimum Gasteiger partial charge on any atom is -0.378 e. The highest BCUT2D eigenvalue weighted by molar-refractivity contribution is 5.20. The standard InChI is InChI=1S/C11H14O/c1-9-7-11(8-12-9)10-5-3-2-4-6-10/h2-6,9,11H,7-8H2,1H3/t9?,11-/m0/s1. The molecule has 1 heterocycles. The molecule has 1 fully saturated rings. The van der Waals surface area contributed by atoms with Crippen LogP contribution in [0.2, 0.25) is 0 Å². The molecule has 64 valence electrons. The van der Waals surface area contributed by atoms with Crippen LogP contribution in [0.5, 0.6) is 0 Å². The summed E-state index contributed by atoms with van der Waals surface area (Å²) in [5, 5.41) is 0. The molecule has 0 saturated carbocycles. The van der Waals surface area contributed by atoms with E-state index in [1.165, 1.54) is 12.0 Å². The van der Waals surface area contributed by atoms with Gasteiger partial charge in [-0.05, 0) is 18.9 Å². The van der Waals surface area contributed by atoms with Crippen LogP contribution in [-0.4, -0.2) is 12.7 Å². The van der Waals surface area contributed by atoms with Crippen LogP contribution in [0.1, 0.15) is 24.8 Å². The fraction of sp³-hybridized carbons (Fsp3) is 0.455. The van der Waals surface area contributed by atoms with E-state index in [4.69, 9.17) is 4.74 Å². The summed E-state index contributed by atoms with van der Waals surface area (Å²) in [6, 6.07) is 10.6. The average Bonchev–Trinajstić information content (AvgIpc) is 2.54. The van der Waals surface area contributed by atoms with Crippen molar-refractivity contribution in [2.24, 2.45) is 0 Å². The van der Waals surface area contributed by atoms with E-state index in [9.17, 15) is 0 Å². The Balaban J connectivity index is 2.11. The van der Waals surface area contributed by atoms with Gasteiger partial charge in [0.25, 0.3) is 0 Å². The van der Waals surface area contributed by atoms with Gasteiger partial charge in [0.1, 0.15) is 0 Å².